The molecule has 2 aromatic rings. The number of nitrogens with one attached hydrogen (secondary N) is 1. The van der Waals surface area contributed by atoms with Crippen LogP contribution in [0.4, 0.5) is 0 Å². The van der Waals surface area contributed by atoms with Gasteiger partial charge in [-0.25, -0.2) is 0 Å². The lowest BCUT2D eigenvalue weighted by atomic mass is 10.2. The molecule has 0 aliphatic carbocycles. The van der Waals surface area contributed by atoms with E-state index in [4.69, 9.17) is 4.74 Å². The number of aryl methyl sites for hydroxylation is 1. The topological polar surface area (TPSA) is 25.0 Å². The quantitative estimate of drug-likeness (QED) is 0.682. The fourth-order valence-corrected chi connectivity index (χ4v) is 1.38. The van der Waals surface area contributed by atoms with Gasteiger partial charge in [0, 0.05) is 17.3 Å². The highest BCUT2D eigenvalue weighted by atomic mass is 16.5. The summed E-state index contributed by atoms with van der Waals surface area (Å²) >= 11 is 0. The van der Waals surface area contributed by atoms with Crippen molar-refractivity contribution in [2.24, 2.45) is 0 Å². The third kappa shape index (κ3) is 1.05. The van der Waals surface area contributed by atoms with Crippen LogP contribution in [0.15, 0.2) is 24.3 Å². The lowest BCUT2D eigenvalue weighted by Crippen LogP contribution is -1.80. The minimum atomic E-state index is 0.893. The van der Waals surface area contributed by atoms with Crippen molar-refractivity contribution in [3.8, 4) is 5.75 Å². The Morgan fingerprint density at radius 2 is 2.08 bits per heavy atom. The van der Waals surface area contributed by atoms with Gasteiger partial charge in [-0.15, -0.1) is 0 Å². The van der Waals surface area contributed by atoms with E-state index in [0.717, 1.165) is 11.3 Å². The van der Waals surface area contributed by atoms with Crippen molar-refractivity contribution in [3.05, 3.63) is 30.0 Å². The molecule has 0 spiro atoms. The van der Waals surface area contributed by atoms with Gasteiger partial charge in [-0.1, -0.05) is 0 Å². The number of hydrogen-bond donors (Lipinski definition) is 1. The predicted molar refractivity (Wildman–Crippen MR) is 49.6 cm³/mol. The van der Waals surface area contributed by atoms with Crippen molar-refractivity contribution < 1.29 is 4.74 Å². The summed E-state index contributed by atoms with van der Waals surface area (Å²) in [6.45, 7) is 2.05. The van der Waals surface area contributed by atoms with Gasteiger partial charge in [-0.05, 0) is 30.5 Å². The van der Waals surface area contributed by atoms with E-state index in [2.05, 4.69) is 17.1 Å². The van der Waals surface area contributed by atoms with E-state index < -0.39 is 0 Å². The van der Waals surface area contributed by atoms with Crippen LogP contribution < -0.4 is 4.74 Å². The average molecular weight is 161 g/mol. The smallest absolute Gasteiger partial charge is 0.120 e. The molecule has 2 heteroatoms. The molecule has 12 heavy (non-hydrogen) atoms. The van der Waals surface area contributed by atoms with Gasteiger partial charge in [-0.2, -0.15) is 0 Å². The Labute approximate surface area is 71.2 Å². The maximum absolute atomic E-state index is 5.11. The lowest BCUT2D eigenvalue weighted by molar-refractivity contribution is 0.415. The van der Waals surface area contributed by atoms with Gasteiger partial charge in [-0.3, -0.25) is 0 Å². The fourth-order valence-electron chi connectivity index (χ4n) is 1.38. The molecule has 2 nitrogen and oxygen atoms in total. The van der Waals surface area contributed by atoms with Crippen LogP contribution in [0.25, 0.3) is 10.9 Å². The number of hydrogen-bond acceptors (Lipinski definition) is 1. The van der Waals surface area contributed by atoms with E-state index in [1.54, 1.807) is 7.11 Å². The minimum absolute atomic E-state index is 0.893. The molecular weight excluding hydrogens is 150 g/mol. The second-order valence-electron chi connectivity index (χ2n) is 2.91. The van der Waals surface area contributed by atoms with Crippen LogP contribution in [0.5, 0.6) is 5.75 Å². The highest BCUT2D eigenvalue weighted by Crippen LogP contribution is 2.20. The van der Waals surface area contributed by atoms with Gasteiger partial charge in [0.25, 0.3) is 0 Å². The first-order valence-corrected chi connectivity index (χ1v) is 3.93. The van der Waals surface area contributed by atoms with Crippen molar-refractivity contribution in [2.75, 3.05) is 7.11 Å². The summed E-state index contributed by atoms with van der Waals surface area (Å²) < 4.78 is 5.11. The second-order valence-corrected chi connectivity index (χ2v) is 2.91. The highest BCUT2D eigenvalue weighted by Gasteiger charge is 1.97. The van der Waals surface area contributed by atoms with Gasteiger partial charge >= 0.3 is 0 Å². The summed E-state index contributed by atoms with van der Waals surface area (Å²) in [6, 6.07) is 8.14. The molecule has 0 saturated carbocycles. The van der Waals surface area contributed by atoms with E-state index >= 15 is 0 Å². The van der Waals surface area contributed by atoms with Gasteiger partial charge in [0.15, 0.2) is 0 Å². The number of ether oxygens (including phenoxy) is 1. The summed E-state index contributed by atoms with van der Waals surface area (Å²) in [5.74, 6) is 0.893. The molecule has 1 aromatic carbocycles. The summed E-state index contributed by atoms with van der Waals surface area (Å²) in [4.78, 5) is 3.25. The molecule has 0 saturated heterocycles. The number of rotatable bonds is 1. The van der Waals surface area contributed by atoms with E-state index in [1.807, 2.05) is 19.1 Å². The first-order valence-electron chi connectivity index (χ1n) is 3.93. The van der Waals surface area contributed by atoms with Crippen LogP contribution >= 0.6 is 0 Å². The summed E-state index contributed by atoms with van der Waals surface area (Å²) in [7, 11) is 1.68. The lowest BCUT2D eigenvalue weighted by Gasteiger charge is -1.97. The number of benzene rings is 1. The average Bonchev–Trinajstić information content (AvgIpc) is 2.43. The molecule has 62 valence electrons. The van der Waals surface area contributed by atoms with Crippen molar-refractivity contribution in [2.45, 2.75) is 6.92 Å². The molecule has 1 aromatic heterocycles. The molecule has 1 heterocycles. The van der Waals surface area contributed by atoms with Crippen molar-refractivity contribution in [1.29, 1.82) is 0 Å². The molecule has 0 fully saturated rings. The molecule has 0 atom stereocenters. The van der Waals surface area contributed by atoms with E-state index in [-0.39, 0.29) is 0 Å². The SMILES string of the molecule is COc1ccc2cc(C)[nH]c2c1. The van der Waals surface area contributed by atoms with Gasteiger partial charge in [0.1, 0.15) is 5.75 Å². The van der Waals surface area contributed by atoms with Crippen LogP contribution in [0, 0.1) is 6.92 Å². The fraction of sp³-hybridized carbons (Fsp3) is 0.200. The molecular formula is C10H11NO. The monoisotopic (exact) mass is 161 g/mol. The molecule has 2 rings (SSSR count). The molecule has 0 aliphatic heterocycles. The predicted octanol–water partition coefficient (Wildman–Crippen LogP) is 2.48. The van der Waals surface area contributed by atoms with E-state index in [9.17, 15) is 0 Å². The van der Waals surface area contributed by atoms with E-state index in [0.29, 0.717) is 0 Å². The Morgan fingerprint density at radius 3 is 2.83 bits per heavy atom. The summed E-state index contributed by atoms with van der Waals surface area (Å²) in [5, 5.41) is 1.23. The molecule has 0 aliphatic rings. The maximum Gasteiger partial charge on any atom is 0.120 e. The number of methoxy groups -OCH3 is 1. The third-order valence-electron chi connectivity index (χ3n) is 1.96. The van der Waals surface area contributed by atoms with Crippen molar-refractivity contribution in [1.82, 2.24) is 4.98 Å². The van der Waals surface area contributed by atoms with E-state index in [1.165, 1.54) is 11.1 Å². The van der Waals surface area contributed by atoms with Gasteiger partial charge in [0.2, 0.25) is 0 Å². The summed E-state index contributed by atoms with van der Waals surface area (Å²) in [6.07, 6.45) is 0. The maximum atomic E-state index is 5.11. The zero-order valence-electron chi connectivity index (χ0n) is 7.22. The molecule has 0 bridgehead atoms. The zero-order chi connectivity index (χ0) is 8.55. The molecule has 1 N–H and O–H groups in total. The van der Waals surface area contributed by atoms with Gasteiger partial charge < -0.3 is 9.72 Å². The number of fused-ring (bicyclic) bond motifs is 1. The Balaban J connectivity index is 2.66. The normalized spacial score (nSPS) is 10.5. The van der Waals surface area contributed by atoms with Crippen LogP contribution in [0.3, 0.4) is 0 Å². The Morgan fingerprint density at radius 1 is 1.25 bits per heavy atom. The zero-order valence-corrected chi connectivity index (χ0v) is 7.22. The van der Waals surface area contributed by atoms with Gasteiger partial charge in [0.05, 0.1) is 7.11 Å². The first kappa shape index (κ1) is 7.22. The second kappa shape index (κ2) is 2.55. The van der Waals surface area contributed by atoms with Crippen LogP contribution in [0.1, 0.15) is 5.69 Å². The van der Waals surface area contributed by atoms with Crippen molar-refractivity contribution >= 4 is 10.9 Å². The molecule has 0 radical (unpaired) electrons. The minimum Gasteiger partial charge on any atom is -0.497 e. The Bertz CT molecular complexity index is 403. The molecule has 0 amide bonds. The largest absolute Gasteiger partial charge is 0.497 e. The van der Waals surface area contributed by atoms with Crippen molar-refractivity contribution in [3.63, 3.8) is 0 Å². The number of aromatic amines is 1. The summed E-state index contributed by atoms with van der Waals surface area (Å²) in [5.41, 5.74) is 2.31. The Hall–Kier alpha value is -1.44. The number of aromatic nitrogens is 1. The van der Waals surface area contributed by atoms with Crippen LogP contribution in [-0.4, -0.2) is 12.1 Å². The van der Waals surface area contributed by atoms with Crippen LogP contribution in [0.2, 0.25) is 0 Å². The highest BCUT2D eigenvalue weighted by molar-refractivity contribution is 5.81. The molecule has 0 unspecified atom stereocenters. The Kier molecular flexibility index (Phi) is 1.54. The number of H-pyrrole nitrogens is 1. The standard InChI is InChI=1S/C10H11NO/c1-7-5-8-3-4-9(12-2)6-10(8)11-7/h3-6,11H,1-2H3. The van der Waals surface area contributed by atoms with Crippen LogP contribution in [-0.2, 0) is 0 Å². The first-order chi connectivity index (χ1) is 5.79. The third-order valence-corrected chi connectivity index (χ3v) is 1.96.